The van der Waals surface area contributed by atoms with Crippen LogP contribution in [-0.4, -0.2) is 59.7 Å². The Hall–Kier alpha value is -3.19. The van der Waals surface area contributed by atoms with Gasteiger partial charge in [-0.25, -0.2) is 0 Å². The minimum absolute atomic E-state index is 0.00325. The first-order chi connectivity index (χ1) is 19.3. The topological polar surface area (TPSA) is 81.8 Å². The van der Waals surface area contributed by atoms with Crippen LogP contribution in [0.2, 0.25) is 0 Å². The molecule has 1 saturated carbocycles. The van der Waals surface area contributed by atoms with Crippen molar-refractivity contribution in [1.29, 1.82) is 0 Å². The summed E-state index contributed by atoms with van der Waals surface area (Å²) in [6, 6.07) is 15.6. The van der Waals surface area contributed by atoms with Crippen molar-refractivity contribution in [2.75, 3.05) is 31.5 Å². The molecule has 2 aromatic carbocycles. The molecule has 216 valence electrons. The molecule has 2 aliphatic rings. The molecule has 1 aliphatic heterocycles. The fraction of sp³-hybridized carbons (Fsp3) is 0.545. The van der Waals surface area contributed by atoms with Crippen molar-refractivity contribution in [3.63, 3.8) is 0 Å². The maximum Gasteiger partial charge on any atom is 0.245 e. The molecule has 7 heteroatoms. The van der Waals surface area contributed by atoms with Crippen LogP contribution < -0.4 is 10.6 Å². The van der Waals surface area contributed by atoms with Gasteiger partial charge in [0.15, 0.2) is 0 Å². The summed E-state index contributed by atoms with van der Waals surface area (Å²) in [6.45, 7) is 9.72. The van der Waals surface area contributed by atoms with Gasteiger partial charge in [0, 0.05) is 57.2 Å². The molecule has 2 aromatic rings. The molecule has 0 radical (unpaired) electrons. The number of aryl methyl sites for hydroxylation is 1. The summed E-state index contributed by atoms with van der Waals surface area (Å²) < 4.78 is 0. The number of nitrogens with zero attached hydrogens (tertiary/aromatic N) is 2. The summed E-state index contributed by atoms with van der Waals surface area (Å²) in [5.41, 5.74) is 4.26. The Morgan fingerprint density at radius 2 is 1.62 bits per heavy atom. The van der Waals surface area contributed by atoms with Crippen molar-refractivity contribution in [2.24, 2.45) is 11.8 Å². The van der Waals surface area contributed by atoms with Crippen LogP contribution in [0.25, 0.3) is 0 Å². The van der Waals surface area contributed by atoms with E-state index >= 15 is 0 Å². The van der Waals surface area contributed by atoms with E-state index in [1.54, 1.807) is 6.92 Å². The Morgan fingerprint density at radius 3 is 2.27 bits per heavy atom. The van der Waals surface area contributed by atoms with Crippen molar-refractivity contribution < 1.29 is 14.4 Å². The Bertz CT molecular complexity index is 1130. The summed E-state index contributed by atoms with van der Waals surface area (Å²) >= 11 is 0. The van der Waals surface area contributed by atoms with Gasteiger partial charge >= 0.3 is 0 Å². The third-order valence-corrected chi connectivity index (χ3v) is 8.56. The first-order valence-electron chi connectivity index (χ1n) is 15.1. The summed E-state index contributed by atoms with van der Waals surface area (Å²) in [6.07, 6.45) is 6.73. The molecule has 2 fully saturated rings. The normalized spacial score (nSPS) is 18.1. The van der Waals surface area contributed by atoms with Gasteiger partial charge in [-0.3, -0.25) is 19.3 Å². The van der Waals surface area contributed by atoms with E-state index in [-0.39, 0.29) is 23.6 Å². The van der Waals surface area contributed by atoms with Crippen LogP contribution in [0, 0.1) is 18.8 Å². The van der Waals surface area contributed by atoms with Gasteiger partial charge in [-0.1, -0.05) is 75.1 Å². The average Bonchev–Trinajstić information content (AvgIpc) is 2.97. The molecule has 2 atom stereocenters. The number of hydrogen-bond acceptors (Lipinski definition) is 4. The molecule has 1 aliphatic carbocycles. The highest BCUT2D eigenvalue weighted by molar-refractivity contribution is 5.92. The Balaban J connectivity index is 1.32. The number of hydrogen-bond donors (Lipinski definition) is 2. The van der Waals surface area contributed by atoms with Crippen molar-refractivity contribution in [1.82, 2.24) is 15.1 Å². The molecule has 40 heavy (non-hydrogen) atoms. The van der Waals surface area contributed by atoms with E-state index in [9.17, 15) is 14.4 Å². The molecule has 7 nitrogen and oxygen atoms in total. The smallest absolute Gasteiger partial charge is 0.245 e. The quantitative estimate of drug-likeness (QED) is 0.443. The molecular formula is C33H46N4O3. The summed E-state index contributed by atoms with van der Waals surface area (Å²) in [4.78, 5) is 42.9. The number of amides is 3. The van der Waals surface area contributed by atoms with Crippen LogP contribution in [0.15, 0.2) is 48.5 Å². The van der Waals surface area contributed by atoms with Crippen LogP contribution in [0.5, 0.6) is 0 Å². The predicted molar refractivity (Wildman–Crippen MR) is 160 cm³/mol. The third kappa shape index (κ3) is 8.40. The Labute approximate surface area is 239 Å². The van der Waals surface area contributed by atoms with Gasteiger partial charge < -0.3 is 15.5 Å². The second-order valence-electron chi connectivity index (χ2n) is 11.6. The van der Waals surface area contributed by atoms with E-state index in [0.717, 1.165) is 43.7 Å². The molecule has 3 amide bonds. The monoisotopic (exact) mass is 546 g/mol. The molecule has 2 N–H and O–H groups in total. The van der Waals surface area contributed by atoms with Crippen LogP contribution in [0.4, 0.5) is 5.69 Å². The molecule has 4 rings (SSSR count). The van der Waals surface area contributed by atoms with E-state index in [1.807, 2.05) is 36.1 Å². The lowest BCUT2D eigenvalue weighted by atomic mass is 9.80. The van der Waals surface area contributed by atoms with Crippen molar-refractivity contribution in [3.8, 4) is 0 Å². The lowest BCUT2D eigenvalue weighted by Crippen LogP contribution is -2.55. The van der Waals surface area contributed by atoms with Crippen molar-refractivity contribution in [2.45, 2.75) is 78.3 Å². The van der Waals surface area contributed by atoms with Crippen LogP contribution in [0.3, 0.4) is 0 Å². The highest BCUT2D eigenvalue weighted by Crippen LogP contribution is 2.30. The first-order valence-corrected chi connectivity index (χ1v) is 15.1. The minimum atomic E-state index is -0.609. The number of piperazine rings is 1. The van der Waals surface area contributed by atoms with Gasteiger partial charge in [-0.2, -0.15) is 0 Å². The van der Waals surface area contributed by atoms with Crippen molar-refractivity contribution >= 4 is 23.4 Å². The summed E-state index contributed by atoms with van der Waals surface area (Å²) in [7, 11) is 0. The van der Waals surface area contributed by atoms with Gasteiger partial charge in [-0.15, -0.1) is 0 Å². The Morgan fingerprint density at radius 1 is 0.925 bits per heavy atom. The zero-order valence-electron chi connectivity index (χ0n) is 24.5. The summed E-state index contributed by atoms with van der Waals surface area (Å²) in [5.74, 6) is 0.382. The van der Waals surface area contributed by atoms with Gasteiger partial charge in [0.2, 0.25) is 17.7 Å². The minimum Gasteiger partial charge on any atom is -0.344 e. The average molecular weight is 547 g/mol. The molecule has 1 heterocycles. The SMILES string of the molecule is CCC(=O)NC(Cc1ccc(NC(=O)[C@@H](C)C2CCCCC2)cc1)C(=O)N1CCN(Cc2cccc(C)c2)CC1. The van der Waals surface area contributed by atoms with Crippen LogP contribution >= 0.6 is 0 Å². The van der Waals surface area contributed by atoms with Gasteiger partial charge in [-0.05, 0) is 48.9 Å². The molecule has 0 spiro atoms. The van der Waals surface area contributed by atoms with Gasteiger partial charge in [0.25, 0.3) is 0 Å². The molecule has 0 aromatic heterocycles. The zero-order chi connectivity index (χ0) is 28.5. The largest absolute Gasteiger partial charge is 0.344 e. The van der Waals surface area contributed by atoms with E-state index in [4.69, 9.17) is 0 Å². The Kier molecular flexibility index (Phi) is 10.8. The number of nitrogens with one attached hydrogen (secondary N) is 2. The number of benzene rings is 2. The molecular weight excluding hydrogens is 500 g/mol. The molecule has 1 unspecified atom stereocenters. The number of anilines is 1. The van der Waals surface area contributed by atoms with Gasteiger partial charge in [0.05, 0.1) is 0 Å². The van der Waals surface area contributed by atoms with E-state index < -0.39 is 6.04 Å². The lowest BCUT2D eigenvalue weighted by Gasteiger charge is -2.36. The standard InChI is InChI=1S/C33H46N4O3/c1-4-31(38)35-30(33(40)37-19-17-36(18-20-37)23-27-10-8-9-24(2)21-27)22-26-13-15-29(16-14-26)34-32(39)25(3)28-11-6-5-7-12-28/h8-10,13-16,21,25,28,30H,4-7,11-12,17-20,22-23H2,1-3H3,(H,34,39)(H,35,38)/t25-,30?/m0/s1. The predicted octanol–water partition coefficient (Wildman–Crippen LogP) is 4.93. The highest BCUT2D eigenvalue weighted by Gasteiger charge is 2.29. The maximum atomic E-state index is 13.5. The second-order valence-corrected chi connectivity index (χ2v) is 11.6. The first kappa shape index (κ1) is 29.8. The van der Waals surface area contributed by atoms with Crippen LogP contribution in [0.1, 0.15) is 69.1 Å². The number of carbonyl (C=O) groups excluding carboxylic acids is 3. The van der Waals surface area contributed by atoms with E-state index in [2.05, 4.69) is 46.7 Å². The van der Waals surface area contributed by atoms with Crippen LogP contribution in [-0.2, 0) is 27.3 Å². The maximum absolute atomic E-state index is 13.5. The second kappa shape index (κ2) is 14.4. The lowest BCUT2D eigenvalue weighted by molar-refractivity contribution is -0.138. The molecule has 1 saturated heterocycles. The highest BCUT2D eigenvalue weighted by atomic mass is 16.2. The molecule has 0 bridgehead atoms. The fourth-order valence-corrected chi connectivity index (χ4v) is 5.98. The number of rotatable bonds is 10. The number of carbonyl (C=O) groups is 3. The summed E-state index contributed by atoms with van der Waals surface area (Å²) in [5, 5.41) is 6.03. The fourth-order valence-electron chi connectivity index (χ4n) is 5.98. The zero-order valence-corrected chi connectivity index (χ0v) is 24.5. The van der Waals surface area contributed by atoms with Gasteiger partial charge in [0.1, 0.15) is 6.04 Å². The third-order valence-electron chi connectivity index (χ3n) is 8.56. The van der Waals surface area contributed by atoms with Crippen molar-refractivity contribution in [3.05, 3.63) is 65.2 Å². The van der Waals surface area contributed by atoms with E-state index in [1.165, 1.54) is 30.4 Å². The van der Waals surface area contributed by atoms with E-state index in [0.29, 0.717) is 31.8 Å².